The van der Waals surface area contributed by atoms with Crippen LogP contribution in [-0.2, 0) is 11.3 Å². The van der Waals surface area contributed by atoms with E-state index in [0.717, 1.165) is 19.5 Å². The second-order valence-electron chi connectivity index (χ2n) is 8.70. The van der Waals surface area contributed by atoms with Crippen LogP contribution >= 0.6 is 0 Å². The maximum Gasteiger partial charge on any atom is 0.189 e. The fraction of sp³-hybridized carbons (Fsp3) is 0.636. The molecule has 1 spiro atoms. The smallest absolute Gasteiger partial charge is 0.189 e. The van der Waals surface area contributed by atoms with Crippen molar-refractivity contribution < 1.29 is 9.84 Å². The highest BCUT2D eigenvalue weighted by Gasteiger charge is 2.65. The van der Waals surface area contributed by atoms with Crippen molar-refractivity contribution in [2.45, 2.75) is 58.0 Å². The molecule has 0 amide bonds. The molecule has 136 valence electrons. The highest BCUT2D eigenvalue weighted by Crippen LogP contribution is 2.61. The Morgan fingerprint density at radius 1 is 1.20 bits per heavy atom. The van der Waals surface area contributed by atoms with Crippen LogP contribution in [0.4, 0.5) is 0 Å². The minimum Gasteiger partial charge on any atom is -0.362 e. The van der Waals surface area contributed by atoms with Crippen LogP contribution in [0.5, 0.6) is 0 Å². The molecule has 3 heteroatoms. The number of hydrogen-bond donors (Lipinski definition) is 2. The number of fused-ring (bicyclic) bond motifs is 1. The average molecular weight is 341 g/mol. The van der Waals surface area contributed by atoms with Gasteiger partial charge in [-0.05, 0) is 48.3 Å². The lowest BCUT2D eigenvalue weighted by molar-refractivity contribution is -0.233. The SMILES string of the molecule is CC(C)[C@@H]1C[C@@]23O[C@@]1(O)C=C(CNCc1ccccc1)C2CC[C@@H]3C. The molecule has 1 saturated heterocycles. The van der Waals surface area contributed by atoms with E-state index in [1.54, 1.807) is 0 Å². The molecule has 1 saturated carbocycles. The minimum atomic E-state index is -1.08. The molecular formula is C22H31NO2. The molecule has 1 aromatic carbocycles. The van der Waals surface area contributed by atoms with Crippen molar-refractivity contribution >= 4 is 0 Å². The summed E-state index contributed by atoms with van der Waals surface area (Å²) in [5.41, 5.74) is 2.51. The summed E-state index contributed by atoms with van der Waals surface area (Å²) >= 11 is 0. The molecule has 1 aliphatic carbocycles. The summed E-state index contributed by atoms with van der Waals surface area (Å²) in [6.45, 7) is 8.42. The summed E-state index contributed by atoms with van der Waals surface area (Å²) in [4.78, 5) is 0. The molecule has 2 aliphatic heterocycles. The van der Waals surface area contributed by atoms with Crippen LogP contribution in [-0.4, -0.2) is 23.0 Å². The Hall–Kier alpha value is -1.16. The number of rotatable bonds is 5. The maximum atomic E-state index is 11.3. The van der Waals surface area contributed by atoms with Gasteiger partial charge in [0.1, 0.15) is 0 Å². The lowest BCUT2D eigenvalue weighted by Crippen LogP contribution is -2.48. The largest absolute Gasteiger partial charge is 0.362 e. The van der Waals surface area contributed by atoms with Crippen LogP contribution < -0.4 is 5.32 Å². The molecule has 25 heavy (non-hydrogen) atoms. The van der Waals surface area contributed by atoms with Gasteiger partial charge in [-0.1, -0.05) is 51.1 Å². The first-order chi connectivity index (χ1) is 11.9. The van der Waals surface area contributed by atoms with E-state index in [1.165, 1.54) is 24.0 Å². The molecular weight excluding hydrogens is 310 g/mol. The second-order valence-corrected chi connectivity index (χ2v) is 8.70. The zero-order valence-corrected chi connectivity index (χ0v) is 15.7. The zero-order valence-electron chi connectivity index (χ0n) is 15.7. The molecule has 4 rings (SSSR count). The van der Waals surface area contributed by atoms with Gasteiger partial charge in [-0.15, -0.1) is 0 Å². The first-order valence-electron chi connectivity index (χ1n) is 9.83. The normalized spacial score (nSPS) is 39.6. The van der Waals surface area contributed by atoms with Gasteiger partial charge in [-0.3, -0.25) is 0 Å². The number of benzene rings is 1. The monoisotopic (exact) mass is 341 g/mol. The summed E-state index contributed by atoms with van der Waals surface area (Å²) in [5.74, 6) is 0.515. The van der Waals surface area contributed by atoms with E-state index < -0.39 is 5.79 Å². The van der Waals surface area contributed by atoms with Crippen molar-refractivity contribution in [2.75, 3.05) is 6.54 Å². The summed E-state index contributed by atoms with van der Waals surface area (Å²) < 4.78 is 6.43. The Kier molecular flexibility index (Phi) is 4.30. The maximum absolute atomic E-state index is 11.3. The Labute approximate surface area is 151 Å². The minimum absolute atomic E-state index is 0.151. The van der Waals surface area contributed by atoms with Crippen molar-refractivity contribution in [3.8, 4) is 0 Å². The van der Waals surface area contributed by atoms with Gasteiger partial charge < -0.3 is 15.2 Å². The summed E-state index contributed by atoms with van der Waals surface area (Å²) in [6, 6.07) is 10.5. The molecule has 2 fully saturated rings. The topological polar surface area (TPSA) is 41.5 Å². The third-order valence-corrected chi connectivity index (χ3v) is 6.88. The first-order valence-corrected chi connectivity index (χ1v) is 9.83. The van der Waals surface area contributed by atoms with Crippen LogP contribution in [0.3, 0.4) is 0 Å². The summed E-state index contributed by atoms with van der Waals surface area (Å²) in [5, 5.41) is 14.9. The van der Waals surface area contributed by atoms with Gasteiger partial charge >= 0.3 is 0 Å². The fourth-order valence-electron chi connectivity index (χ4n) is 5.51. The van der Waals surface area contributed by atoms with Crippen LogP contribution in [0.15, 0.2) is 42.0 Å². The van der Waals surface area contributed by atoms with Crippen LogP contribution in [0, 0.1) is 23.7 Å². The third kappa shape index (κ3) is 2.77. The van der Waals surface area contributed by atoms with Crippen LogP contribution in [0.1, 0.15) is 45.6 Å². The lowest BCUT2D eigenvalue weighted by Gasteiger charge is -2.42. The van der Waals surface area contributed by atoms with Gasteiger partial charge in [0.05, 0.1) is 5.60 Å². The van der Waals surface area contributed by atoms with Crippen molar-refractivity contribution in [3.63, 3.8) is 0 Å². The Balaban J connectivity index is 1.55. The highest BCUT2D eigenvalue weighted by atomic mass is 16.6. The molecule has 3 nitrogen and oxygen atoms in total. The van der Waals surface area contributed by atoms with Gasteiger partial charge in [0.15, 0.2) is 5.79 Å². The van der Waals surface area contributed by atoms with E-state index >= 15 is 0 Å². The first kappa shape index (κ1) is 17.3. The Morgan fingerprint density at radius 2 is 1.96 bits per heavy atom. The van der Waals surface area contributed by atoms with Crippen molar-refractivity contribution in [3.05, 3.63) is 47.5 Å². The van der Waals surface area contributed by atoms with Crippen molar-refractivity contribution in [2.24, 2.45) is 23.7 Å². The number of hydrogen-bond acceptors (Lipinski definition) is 3. The van der Waals surface area contributed by atoms with E-state index in [4.69, 9.17) is 4.74 Å². The standard InChI is InChI=1S/C22H31NO2/c1-15(2)20-12-21-16(3)9-10-19(21)18(11-22(20,24)25-21)14-23-13-17-7-5-4-6-8-17/h4-8,11,15-16,19-20,23-24H,9-10,12-14H2,1-3H3/t16-,19?,20-,21-,22-/m0/s1. The van der Waals surface area contributed by atoms with E-state index in [2.05, 4.69) is 56.4 Å². The highest BCUT2D eigenvalue weighted by molar-refractivity contribution is 5.30. The van der Waals surface area contributed by atoms with Gasteiger partial charge in [0.25, 0.3) is 0 Å². The number of nitrogens with one attached hydrogen (secondary N) is 1. The Morgan fingerprint density at radius 3 is 2.68 bits per heavy atom. The molecule has 0 radical (unpaired) electrons. The third-order valence-electron chi connectivity index (χ3n) is 6.88. The van der Waals surface area contributed by atoms with Crippen LogP contribution in [0.25, 0.3) is 0 Å². The molecule has 1 aromatic rings. The number of aliphatic hydroxyl groups is 1. The number of ether oxygens (including phenoxy) is 1. The van der Waals surface area contributed by atoms with Crippen LogP contribution in [0.2, 0.25) is 0 Å². The van der Waals surface area contributed by atoms with E-state index in [-0.39, 0.29) is 11.5 Å². The molecule has 0 aromatic heterocycles. The molecule has 2 heterocycles. The predicted molar refractivity (Wildman–Crippen MR) is 99.8 cm³/mol. The van der Waals surface area contributed by atoms with Gasteiger partial charge in [0, 0.05) is 24.9 Å². The van der Waals surface area contributed by atoms with Gasteiger partial charge in [-0.2, -0.15) is 0 Å². The molecule has 3 aliphatic rings. The second kappa shape index (κ2) is 6.22. The quantitative estimate of drug-likeness (QED) is 0.799. The van der Waals surface area contributed by atoms with E-state index in [9.17, 15) is 5.11 Å². The predicted octanol–water partition coefficient (Wildman–Crippen LogP) is 3.88. The van der Waals surface area contributed by atoms with Crippen molar-refractivity contribution in [1.82, 2.24) is 5.32 Å². The molecule has 2 bridgehead atoms. The summed E-state index contributed by atoms with van der Waals surface area (Å²) in [6.07, 6.45) is 5.43. The lowest BCUT2D eigenvalue weighted by atomic mass is 9.76. The van der Waals surface area contributed by atoms with E-state index in [1.807, 2.05) is 6.07 Å². The molecule has 1 unspecified atom stereocenters. The zero-order chi connectivity index (χ0) is 17.7. The molecule has 2 N–H and O–H groups in total. The average Bonchev–Trinajstić information content (AvgIpc) is 3.03. The van der Waals surface area contributed by atoms with Gasteiger partial charge in [-0.25, -0.2) is 0 Å². The molecule has 5 atom stereocenters. The Bertz CT molecular complexity index is 655. The van der Waals surface area contributed by atoms with Crippen molar-refractivity contribution in [1.29, 1.82) is 0 Å². The van der Waals surface area contributed by atoms with Gasteiger partial charge in [0.2, 0.25) is 0 Å². The fourth-order valence-corrected chi connectivity index (χ4v) is 5.51. The van der Waals surface area contributed by atoms with E-state index in [0.29, 0.717) is 17.8 Å². The summed E-state index contributed by atoms with van der Waals surface area (Å²) in [7, 11) is 0.